The number of carbonyl (C=O) groups excluding carboxylic acids is 1. The summed E-state index contributed by atoms with van der Waals surface area (Å²) >= 11 is 0. The number of anilines is 2. The Morgan fingerprint density at radius 3 is 3.00 bits per heavy atom. The minimum atomic E-state index is -0.0696. The van der Waals surface area contributed by atoms with Gasteiger partial charge in [0.05, 0.1) is 18.3 Å². The molecule has 0 saturated carbocycles. The molecule has 0 radical (unpaired) electrons. The fourth-order valence-corrected chi connectivity index (χ4v) is 4.04. The molecular formula is C21H24N8O. The molecule has 0 aliphatic carbocycles. The lowest BCUT2D eigenvalue weighted by atomic mass is 10.00. The van der Waals surface area contributed by atoms with Crippen molar-refractivity contribution in [1.29, 1.82) is 5.26 Å². The van der Waals surface area contributed by atoms with Crippen molar-refractivity contribution in [2.75, 3.05) is 30.8 Å². The second-order valence-electron chi connectivity index (χ2n) is 7.52. The van der Waals surface area contributed by atoms with E-state index in [0.717, 1.165) is 17.6 Å². The van der Waals surface area contributed by atoms with Gasteiger partial charge in [0.2, 0.25) is 0 Å². The van der Waals surface area contributed by atoms with Gasteiger partial charge >= 0.3 is 6.03 Å². The molecule has 0 spiro atoms. The van der Waals surface area contributed by atoms with E-state index < -0.39 is 0 Å². The van der Waals surface area contributed by atoms with Gasteiger partial charge in [-0.05, 0) is 25.0 Å². The Kier molecular flexibility index (Phi) is 4.91. The molecule has 2 aromatic heterocycles. The molecule has 9 nitrogen and oxygen atoms in total. The van der Waals surface area contributed by atoms with Crippen molar-refractivity contribution in [1.82, 2.24) is 24.8 Å². The maximum atomic E-state index is 12.0. The quantitative estimate of drug-likeness (QED) is 0.753. The second-order valence-corrected chi connectivity index (χ2v) is 7.52. The number of amides is 2. The van der Waals surface area contributed by atoms with Crippen LogP contribution in [0.15, 0.2) is 36.6 Å². The number of nitriles is 1. The molecule has 0 bridgehead atoms. The van der Waals surface area contributed by atoms with Crippen molar-refractivity contribution >= 4 is 29.4 Å². The van der Waals surface area contributed by atoms with Crippen LogP contribution in [0.2, 0.25) is 0 Å². The van der Waals surface area contributed by atoms with Gasteiger partial charge in [0.25, 0.3) is 0 Å². The molecule has 2 atom stereocenters. The first-order valence-corrected chi connectivity index (χ1v) is 9.79. The Labute approximate surface area is 174 Å². The van der Waals surface area contributed by atoms with Crippen LogP contribution in [0.5, 0.6) is 0 Å². The average molecular weight is 404 g/mol. The first kappa shape index (κ1) is 19.5. The van der Waals surface area contributed by atoms with E-state index in [1.807, 2.05) is 36.1 Å². The van der Waals surface area contributed by atoms with E-state index in [1.54, 1.807) is 18.1 Å². The molecule has 0 aromatic carbocycles. The van der Waals surface area contributed by atoms with E-state index in [1.165, 1.54) is 4.52 Å². The third kappa shape index (κ3) is 3.16. The number of carbonyl (C=O) groups is 1. The zero-order valence-electron chi connectivity index (χ0n) is 17.0. The summed E-state index contributed by atoms with van der Waals surface area (Å²) in [5, 5.41) is 17.1. The highest BCUT2D eigenvalue weighted by atomic mass is 16.2. The zero-order valence-corrected chi connectivity index (χ0v) is 17.0. The molecule has 9 heteroatoms. The maximum absolute atomic E-state index is 12.0. The number of urea groups is 1. The molecular weight excluding hydrogens is 380 g/mol. The normalized spacial score (nSPS) is 21.4. The van der Waals surface area contributed by atoms with Crippen LogP contribution in [-0.2, 0) is 0 Å². The Balaban J connectivity index is 1.74. The number of rotatable bonds is 4. The molecule has 30 heavy (non-hydrogen) atoms. The number of fused-ring (bicyclic) bond motifs is 2. The number of hydrogen-bond donors (Lipinski definition) is 2. The summed E-state index contributed by atoms with van der Waals surface area (Å²) in [6.07, 6.45) is 10.0. The lowest BCUT2D eigenvalue weighted by molar-refractivity contribution is 0.214. The monoisotopic (exact) mass is 404 g/mol. The fraction of sp³-hybridized carbons (Fsp3) is 0.333. The molecule has 2 fully saturated rings. The van der Waals surface area contributed by atoms with Crippen LogP contribution in [0.4, 0.5) is 16.4 Å². The van der Waals surface area contributed by atoms with E-state index in [2.05, 4.69) is 23.1 Å². The highest BCUT2D eigenvalue weighted by Crippen LogP contribution is 2.30. The number of nitrogen functional groups attached to an aromatic ring is 1. The summed E-state index contributed by atoms with van der Waals surface area (Å²) in [4.78, 5) is 20.5. The molecule has 154 valence electrons. The largest absolute Gasteiger partial charge is 0.382 e. The molecule has 3 N–H and O–H groups in total. The summed E-state index contributed by atoms with van der Waals surface area (Å²) in [6, 6.07) is 2.24. The zero-order chi connectivity index (χ0) is 21.4. The molecule has 2 amide bonds. The topological polar surface area (TPSA) is 116 Å². The van der Waals surface area contributed by atoms with Crippen molar-refractivity contribution in [3.63, 3.8) is 0 Å². The van der Waals surface area contributed by atoms with Crippen molar-refractivity contribution in [3.05, 3.63) is 47.7 Å². The highest BCUT2D eigenvalue weighted by Gasteiger charge is 2.41. The van der Waals surface area contributed by atoms with Crippen LogP contribution >= 0.6 is 0 Å². The summed E-state index contributed by atoms with van der Waals surface area (Å²) in [6.45, 7) is 7.15. The molecule has 0 unspecified atom stereocenters. The SMILES string of the molecule is C=C(/C=C\C)/C=C/c1cnn2c(N)c(C#N)c(N3CC[C@@H]4NC(=O)N(C)[C@@H]4C3)nc12. The molecule has 2 aromatic rings. The van der Waals surface area contributed by atoms with Crippen LogP contribution in [0.25, 0.3) is 11.7 Å². The maximum Gasteiger partial charge on any atom is 0.317 e. The minimum Gasteiger partial charge on any atom is -0.382 e. The van der Waals surface area contributed by atoms with Crippen molar-refractivity contribution in [2.45, 2.75) is 25.4 Å². The molecule has 2 aliphatic heterocycles. The summed E-state index contributed by atoms with van der Waals surface area (Å²) in [5.41, 5.74) is 8.78. The van der Waals surface area contributed by atoms with Crippen LogP contribution in [-0.4, -0.2) is 57.7 Å². The molecule has 2 saturated heterocycles. The van der Waals surface area contributed by atoms with Gasteiger partial charge in [-0.3, -0.25) is 0 Å². The molecule has 4 rings (SSSR count). The van der Waals surface area contributed by atoms with Gasteiger partial charge in [0.15, 0.2) is 11.5 Å². The van der Waals surface area contributed by atoms with Gasteiger partial charge in [0, 0.05) is 25.7 Å². The van der Waals surface area contributed by atoms with Crippen molar-refractivity contribution < 1.29 is 4.79 Å². The summed E-state index contributed by atoms with van der Waals surface area (Å²) in [5.74, 6) is 0.775. The average Bonchev–Trinajstić information content (AvgIpc) is 3.27. The number of aromatic nitrogens is 3. The number of hydrogen-bond acceptors (Lipinski definition) is 6. The minimum absolute atomic E-state index is 0.0190. The van der Waals surface area contributed by atoms with Gasteiger partial charge in [-0.2, -0.15) is 14.9 Å². The van der Waals surface area contributed by atoms with Crippen LogP contribution in [0.1, 0.15) is 24.5 Å². The second kappa shape index (κ2) is 7.55. The first-order chi connectivity index (χ1) is 14.4. The lowest BCUT2D eigenvalue weighted by Crippen LogP contribution is -2.51. The molecule has 4 heterocycles. The predicted octanol–water partition coefficient (Wildman–Crippen LogP) is 1.93. The number of nitrogens with zero attached hydrogens (tertiary/aromatic N) is 6. The third-order valence-electron chi connectivity index (χ3n) is 5.67. The Hall–Kier alpha value is -3.80. The van der Waals surface area contributed by atoms with E-state index >= 15 is 0 Å². The number of nitrogens with one attached hydrogen (secondary N) is 1. The molecule has 2 aliphatic rings. The number of likely N-dealkylation sites (N-methyl/N-ethyl adjacent to an activating group) is 1. The predicted molar refractivity (Wildman–Crippen MR) is 116 cm³/mol. The van der Waals surface area contributed by atoms with Crippen molar-refractivity contribution in [2.24, 2.45) is 0 Å². The van der Waals surface area contributed by atoms with Crippen molar-refractivity contribution in [3.8, 4) is 6.07 Å². The van der Waals surface area contributed by atoms with Gasteiger partial charge in [-0.25, -0.2) is 9.78 Å². The fourth-order valence-electron chi connectivity index (χ4n) is 4.04. The number of piperidine rings is 1. The smallest absolute Gasteiger partial charge is 0.317 e. The van der Waals surface area contributed by atoms with Crippen LogP contribution in [0.3, 0.4) is 0 Å². The number of nitrogens with two attached hydrogens (primary N) is 1. The van der Waals surface area contributed by atoms with E-state index in [9.17, 15) is 10.1 Å². The van der Waals surface area contributed by atoms with Gasteiger partial charge in [-0.1, -0.05) is 24.8 Å². The Morgan fingerprint density at radius 2 is 2.27 bits per heavy atom. The highest BCUT2D eigenvalue weighted by molar-refractivity contribution is 5.78. The Bertz CT molecular complexity index is 1120. The summed E-state index contributed by atoms with van der Waals surface area (Å²) < 4.78 is 1.49. The number of allylic oxidation sites excluding steroid dienone is 4. The third-order valence-corrected chi connectivity index (χ3v) is 5.67. The van der Waals surface area contributed by atoms with E-state index in [4.69, 9.17) is 10.7 Å². The van der Waals surface area contributed by atoms with Gasteiger partial charge < -0.3 is 20.9 Å². The van der Waals surface area contributed by atoms with E-state index in [-0.39, 0.29) is 29.5 Å². The summed E-state index contributed by atoms with van der Waals surface area (Å²) in [7, 11) is 1.79. The van der Waals surface area contributed by atoms with Crippen LogP contribution < -0.4 is 16.0 Å². The first-order valence-electron chi connectivity index (χ1n) is 9.79. The standard InChI is InChI=1S/C21H24N8O/c1-4-5-13(2)6-7-14-11-24-29-18(23)15(10-22)20(26-19(14)29)28-9-8-16-17(12-28)27(3)21(30)25-16/h4-7,11,16-17H,2,8-9,12,23H2,1,3H3,(H,25,30)/b5-4-,7-6+/t16-,17+/m0/s1. The van der Waals surface area contributed by atoms with Gasteiger partial charge in [-0.15, -0.1) is 0 Å². The lowest BCUT2D eigenvalue weighted by Gasteiger charge is -2.37. The van der Waals surface area contributed by atoms with Crippen LogP contribution in [0, 0.1) is 11.3 Å². The van der Waals surface area contributed by atoms with Gasteiger partial charge in [0.1, 0.15) is 17.5 Å². The van der Waals surface area contributed by atoms with E-state index in [0.29, 0.717) is 24.6 Å². The Morgan fingerprint density at radius 1 is 1.47 bits per heavy atom.